The van der Waals surface area contributed by atoms with Gasteiger partial charge in [-0.1, -0.05) is 27.5 Å². The number of carbonyl (C=O) groups excluding carboxylic acids is 2. The van der Waals surface area contributed by atoms with Gasteiger partial charge >= 0.3 is 12.1 Å². The Hall–Kier alpha value is -1.28. The minimum atomic E-state index is -4.56. The van der Waals surface area contributed by atoms with Crippen molar-refractivity contribution < 1.29 is 27.5 Å². The molecule has 0 radical (unpaired) electrons. The minimum absolute atomic E-state index is 0.0314. The first-order valence-corrected chi connectivity index (χ1v) is 11.6. The lowest BCUT2D eigenvalue weighted by molar-refractivity contribution is -0.159. The van der Waals surface area contributed by atoms with Crippen molar-refractivity contribution in [2.75, 3.05) is 5.32 Å². The summed E-state index contributed by atoms with van der Waals surface area (Å²) in [5.74, 6) is 0.0716. The molecule has 0 saturated heterocycles. The minimum Gasteiger partial charge on any atom is -0.453 e. The Morgan fingerprint density at radius 3 is 2.48 bits per heavy atom. The first-order valence-electron chi connectivity index (χ1n) is 10.4. The molecule has 1 aromatic carbocycles. The fraction of sp³-hybridized carbons (Fsp3) is 0.636. The molecule has 5 atom stereocenters. The monoisotopic (exact) mass is 521 g/mol. The summed E-state index contributed by atoms with van der Waals surface area (Å²) in [6.45, 7) is 1.40. The highest BCUT2D eigenvalue weighted by Crippen LogP contribution is 2.65. The van der Waals surface area contributed by atoms with Gasteiger partial charge in [-0.25, -0.2) is 0 Å². The van der Waals surface area contributed by atoms with E-state index < -0.39 is 29.7 Å². The zero-order valence-electron chi connectivity index (χ0n) is 17.0. The van der Waals surface area contributed by atoms with Gasteiger partial charge in [0.1, 0.15) is 0 Å². The van der Waals surface area contributed by atoms with Crippen LogP contribution in [0.1, 0.15) is 57.4 Å². The van der Waals surface area contributed by atoms with Crippen LogP contribution >= 0.6 is 27.5 Å². The average Bonchev–Trinajstić information content (AvgIpc) is 2.59. The van der Waals surface area contributed by atoms with Crippen molar-refractivity contribution in [1.82, 2.24) is 0 Å². The second-order valence-electron chi connectivity index (χ2n) is 9.60. The molecule has 2 unspecified atom stereocenters. The van der Waals surface area contributed by atoms with Crippen LogP contribution in [0.25, 0.3) is 0 Å². The quantitative estimate of drug-likeness (QED) is 0.362. The standard InChI is InChI=1S/C22H24BrClF3NO3/c1-12(19(30)28-17-5-15(22(25,26)27)2-3-16(17)24)31-18(29)10-20-6-13-4-14(7-20)9-21(23,8-13)11-20/h2-3,5,12-14H,4,6-11H2,1H3,(H,28,30)/t12-,13-,14+,20?,21?/m0/s1. The van der Waals surface area contributed by atoms with Gasteiger partial charge in [0.05, 0.1) is 22.7 Å². The lowest BCUT2D eigenvalue weighted by Crippen LogP contribution is -2.53. The summed E-state index contributed by atoms with van der Waals surface area (Å²) in [6.07, 6.45) is 1.02. The van der Waals surface area contributed by atoms with Gasteiger partial charge in [-0.3, -0.25) is 9.59 Å². The molecular formula is C22H24BrClF3NO3. The van der Waals surface area contributed by atoms with Crippen molar-refractivity contribution >= 4 is 45.1 Å². The number of alkyl halides is 4. The molecule has 5 rings (SSSR count). The van der Waals surface area contributed by atoms with Crippen LogP contribution in [0, 0.1) is 17.3 Å². The number of hydrogen-bond acceptors (Lipinski definition) is 3. The Morgan fingerprint density at radius 2 is 1.90 bits per heavy atom. The Labute approximate surface area is 192 Å². The Bertz CT molecular complexity index is 892. The molecule has 0 aliphatic heterocycles. The van der Waals surface area contributed by atoms with E-state index in [2.05, 4.69) is 21.2 Å². The van der Waals surface area contributed by atoms with E-state index in [0.717, 1.165) is 50.3 Å². The van der Waals surface area contributed by atoms with Gasteiger partial charge in [-0.15, -0.1) is 0 Å². The van der Waals surface area contributed by atoms with Crippen LogP contribution in [0.15, 0.2) is 18.2 Å². The van der Waals surface area contributed by atoms with Gasteiger partial charge in [0.2, 0.25) is 0 Å². The van der Waals surface area contributed by atoms with Crippen LogP contribution < -0.4 is 5.32 Å². The molecule has 170 valence electrons. The third-order valence-electron chi connectivity index (χ3n) is 6.86. The molecule has 0 aromatic heterocycles. The second-order valence-corrected chi connectivity index (χ2v) is 11.7. The zero-order chi connectivity index (χ0) is 22.6. The number of nitrogens with one attached hydrogen (secondary N) is 1. The van der Waals surface area contributed by atoms with Crippen molar-refractivity contribution in [3.8, 4) is 0 Å². The molecule has 9 heteroatoms. The molecule has 4 saturated carbocycles. The normalized spacial score (nSPS) is 32.6. The number of hydrogen-bond donors (Lipinski definition) is 1. The summed E-state index contributed by atoms with van der Waals surface area (Å²) in [5, 5.41) is 2.31. The lowest BCUT2D eigenvalue weighted by atomic mass is 9.49. The fourth-order valence-electron chi connectivity index (χ4n) is 6.17. The summed E-state index contributed by atoms with van der Waals surface area (Å²) < 4.78 is 44.2. The molecule has 4 nitrogen and oxygen atoms in total. The molecule has 4 fully saturated rings. The van der Waals surface area contributed by atoms with Gasteiger partial charge in [0, 0.05) is 4.32 Å². The first kappa shape index (κ1) is 22.9. The van der Waals surface area contributed by atoms with Crippen molar-refractivity contribution in [2.24, 2.45) is 17.3 Å². The van der Waals surface area contributed by atoms with E-state index >= 15 is 0 Å². The molecule has 1 aromatic rings. The van der Waals surface area contributed by atoms with Gasteiger partial charge in [-0.2, -0.15) is 13.2 Å². The largest absolute Gasteiger partial charge is 0.453 e. The average molecular weight is 523 g/mol. The van der Waals surface area contributed by atoms with Crippen molar-refractivity contribution in [3.05, 3.63) is 28.8 Å². The van der Waals surface area contributed by atoms with Crippen molar-refractivity contribution in [1.29, 1.82) is 0 Å². The molecule has 0 spiro atoms. The highest BCUT2D eigenvalue weighted by Gasteiger charge is 2.57. The van der Waals surface area contributed by atoms with E-state index in [4.69, 9.17) is 16.3 Å². The maximum atomic E-state index is 12.9. The molecule has 1 amide bonds. The molecule has 4 aliphatic carbocycles. The summed E-state index contributed by atoms with van der Waals surface area (Å²) in [4.78, 5) is 25.1. The van der Waals surface area contributed by atoms with Crippen LogP contribution in [0.2, 0.25) is 5.02 Å². The predicted molar refractivity (Wildman–Crippen MR) is 114 cm³/mol. The van der Waals surface area contributed by atoms with Crippen molar-refractivity contribution in [3.63, 3.8) is 0 Å². The Balaban J connectivity index is 1.37. The van der Waals surface area contributed by atoms with Crippen LogP contribution in [0.5, 0.6) is 0 Å². The first-order chi connectivity index (χ1) is 14.4. The lowest BCUT2D eigenvalue weighted by Gasteiger charge is -2.60. The SMILES string of the molecule is C[C@H](OC(=O)CC12C[C@@H]3C[C@@H](CC(Br)(C3)C1)C2)C(=O)Nc1cc(C(F)(F)F)ccc1Cl. The third kappa shape index (κ3) is 4.90. The smallest absolute Gasteiger partial charge is 0.416 e. The molecule has 31 heavy (non-hydrogen) atoms. The molecule has 4 aliphatic rings. The number of esters is 1. The molecular weight excluding hydrogens is 499 g/mol. The van der Waals surface area contributed by atoms with E-state index in [1.54, 1.807) is 0 Å². The number of benzene rings is 1. The fourth-order valence-corrected chi connectivity index (χ4v) is 7.85. The number of ether oxygens (including phenoxy) is 1. The maximum Gasteiger partial charge on any atom is 0.416 e. The molecule has 4 bridgehead atoms. The van der Waals surface area contributed by atoms with Crippen LogP contribution in [-0.2, 0) is 20.5 Å². The van der Waals surface area contributed by atoms with E-state index in [1.165, 1.54) is 13.3 Å². The van der Waals surface area contributed by atoms with E-state index in [0.29, 0.717) is 11.8 Å². The van der Waals surface area contributed by atoms with Crippen LogP contribution in [0.3, 0.4) is 0 Å². The van der Waals surface area contributed by atoms with E-state index in [1.807, 2.05) is 0 Å². The van der Waals surface area contributed by atoms with E-state index in [9.17, 15) is 22.8 Å². The van der Waals surface area contributed by atoms with Gasteiger partial charge in [0.15, 0.2) is 6.10 Å². The predicted octanol–water partition coefficient (Wildman–Crippen LogP) is 6.35. The summed E-state index contributed by atoms with van der Waals surface area (Å²) >= 11 is 9.83. The molecule has 1 N–H and O–H groups in total. The van der Waals surface area contributed by atoms with Crippen LogP contribution in [0.4, 0.5) is 18.9 Å². The van der Waals surface area contributed by atoms with Gasteiger partial charge in [-0.05, 0) is 80.9 Å². The number of rotatable bonds is 5. The maximum absolute atomic E-state index is 12.9. The highest BCUT2D eigenvalue weighted by molar-refractivity contribution is 9.10. The summed E-state index contributed by atoms with van der Waals surface area (Å²) in [6, 6.07) is 2.67. The summed E-state index contributed by atoms with van der Waals surface area (Å²) in [7, 11) is 0. The summed E-state index contributed by atoms with van der Waals surface area (Å²) in [5.41, 5.74) is -1.19. The number of amides is 1. The second kappa shape index (κ2) is 7.94. The zero-order valence-corrected chi connectivity index (χ0v) is 19.4. The van der Waals surface area contributed by atoms with Crippen molar-refractivity contribution in [2.45, 2.75) is 68.5 Å². The molecule has 0 heterocycles. The van der Waals surface area contributed by atoms with Crippen LogP contribution in [-0.4, -0.2) is 22.3 Å². The highest BCUT2D eigenvalue weighted by atomic mass is 79.9. The number of anilines is 1. The topological polar surface area (TPSA) is 55.4 Å². The van der Waals surface area contributed by atoms with E-state index in [-0.39, 0.29) is 26.9 Å². The third-order valence-corrected chi connectivity index (χ3v) is 8.12. The number of halogens is 5. The van der Waals surface area contributed by atoms with Gasteiger partial charge in [0.25, 0.3) is 5.91 Å². The van der Waals surface area contributed by atoms with Gasteiger partial charge < -0.3 is 10.1 Å². The number of carbonyl (C=O) groups is 2. The Kier molecular flexibility index (Phi) is 5.86. The Morgan fingerprint density at radius 1 is 1.26 bits per heavy atom.